The van der Waals surface area contributed by atoms with E-state index in [1.165, 1.54) is 4.90 Å². The molecule has 1 atom stereocenters. The van der Waals surface area contributed by atoms with E-state index in [2.05, 4.69) is 22.5 Å². The van der Waals surface area contributed by atoms with Crippen LogP contribution in [0.5, 0.6) is 5.75 Å². The van der Waals surface area contributed by atoms with E-state index in [9.17, 15) is 0 Å². The Labute approximate surface area is 166 Å². The molecule has 0 fully saturated rings. The number of pyridine rings is 1. The molecule has 9 nitrogen and oxygen atoms in total. The van der Waals surface area contributed by atoms with Crippen molar-refractivity contribution in [3.63, 3.8) is 0 Å². The van der Waals surface area contributed by atoms with E-state index < -0.39 is 0 Å². The van der Waals surface area contributed by atoms with Gasteiger partial charge in [0, 0.05) is 37.8 Å². The van der Waals surface area contributed by atoms with E-state index in [-0.39, 0.29) is 11.9 Å². The lowest BCUT2D eigenvalue weighted by Gasteiger charge is -2.17. The van der Waals surface area contributed by atoms with Crippen molar-refractivity contribution in [3.8, 4) is 5.75 Å². The van der Waals surface area contributed by atoms with Crippen molar-refractivity contribution < 1.29 is 4.74 Å². The van der Waals surface area contributed by atoms with Crippen LogP contribution in [0.25, 0.3) is 10.9 Å². The highest BCUT2D eigenvalue weighted by Gasteiger charge is 2.08. The van der Waals surface area contributed by atoms with Crippen LogP contribution in [-0.2, 0) is 0 Å². The van der Waals surface area contributed by atoms with Crippen LogP contribution in [0, 0.1) is 10.8 Å². The largest absolute Gasteiger partial charge is 0.497 e. The number of nitrogens with two attached hydrogens (primary N) is 2. The molecule has 0 aliphatic carbocycles. The van der Waals surface area contributed by atoms with Crippen molar-refractivity contribution in [2.75, 3.05) is 33.1 Å². The molecule has 0 amide bonds. The van der Waals surface area contributed by atoms with E-state index in [1.807, 2.05) is 30.5 Å². The third kappa shape index (κ3) is 7.67. The van der Waals surface area contributed by atoms with Crippen LogP contribution in [0.4, 0.5) is 5.69 Å². The number of ether oxygens (including phenoxy) is 1. The number of aromatic nitrogens is 1. The van der Waals surface area contributed by atoms with Gasteiger partial charge in [-0.1, -0.05) is 6.07 Å². The number of nitrogens with one attached hydrogen (secondary N) is 4. The van der Waals surface area contributed by atoms with Crippen LogP contribution in [0.2, 0.25) is 0 Å². The van der Waals surface area contributed by atoms with Crippen molar-refractivity contribution in [2.24, 2.45) is 11.5 Å². The molecule has 154 valence electrons. The second kappa shape index (κ2) is 11.6. The van der Waals surface area contributed by atoms with E-state index in [0.29, 0.717) is 6.04 Å². The predicted octanol–water partition coefficient (Wildman–Crippen LogP) is 1.75. The Morgan fingerprint density at radius 2 is 2.04 bits per heavy atom. The number of nitrogens with zero attached hydrogens (tertiary/aromatic N) is 2. The smallest absolute Gasteiger partial charge is 0.197 e. The minimum Gasteiger partial charge on any atom is -0.497 e. The Kier molecular flexibility index (Phi) is 9.52. The van der Waals surface area contributed by atoms with Gasteiger partial charge in [-0.2, -0.15) is 0 Å². The van der Waals surface area contributed by atoms with Gasteiger partial charge in [0.05, 0.1) is 18.3 Å². The molecule has 0 radical (unpaired) electrons. The molecule has 1 unspecified atom stereocenters. The number of hydrogen-bond donors (Lipinski definition) is 6. The van der Waals surface area contributed by atoms with Gasteiger partial charge in [-0.3, -0.25) is 21.1 Å². The lowest BCUT2D eigenvalue weighted by Crippen LogP contribution is -2.42. The summed E-state index contributed by atoms with van der Waals surface area (Å²) in [6.45, 7) is 2.88. The van der Waals surface area contributed by atoms with Gasteiger partial charge in [-0.25, -0.2) is 0 Å². The minimum absolute atomic E-state index is 0.113. The monoisotopic (exact) mass is 388 g/mol. The van der Waals surface area contributed by atoms with Crippen LogP contribution >= 0.6 is 0 Å². The summed E-state index contributed by atoms with van der Waals surface area (Å²) in [5.74, 6) is 0.741. The topological polar surface area (TPSA) is 149 Å². The van der Waals surface area contributed by atoms with Gasteiger partial charge in [0.15, 0.2) is 11.9 Å². The number of anilines is 1. The quantitative estimate of drug-likeness (QED) is 0.326. The SMILES string of the molecule is CN(C)C(=N)NC(=N)N.COc1cc(NC(C)CCCN)c2ncccc2c1. The number of fused-ring (bicyclic) bond motifs is 1. The van der Waals surface area contributed by atoms with Gasteiger partial charge >= 0.3 is 0 Å². The van der Waals surface area contributed by atoms with Crippen molar-refractivity contribution >= 4 is 28.5 Å². The number of methoxy groups -OCH3 is 1. The fourth-order valence-electron chi connectivity index (χ4n) is 2.39. The van der Waals surface area contributed by atoms with Crippen molar-refractivity contribution in [1.82, 2.24) is 15.2 Å². The zero-order valence-electron chi connectivity index (χ0n) is 17.0. The van der Waals surface area contributed by atoms with E-state index in [0.717, 1.165) is 41.7 Å². The standard InChI is InChI=1S/C15H21N3O.C4H11N5/c1-11(5-3-7-16)18-14-10-13(19-2)9-12-6-4-8-17-15(12)14;1-9(2)4(7)8-3(5)6/h4,6,8-11,18H,3,5,7,16H2,1-2H3;1-2H3,(H5,5,6,7,8). The summed E-state index contributed by atoms with van der Waals surface area (Å²) in [6.07, 6.45) is 3.87. The third-order valence-electron chi connectivity index (χ3n) is 3.86. The summed E-state index contributed by atoms with van der Waals surface area (Å²) in [6, 6.07) is 8.33. The summed E-state index contributed by atoms with van der Waals surface area (Å²) in [7, 11) is 5.07. The molecule has 28 heavy (non-hydrogen) atoms. The van der Waals surface area contributed by atoms with Crippen LogP contribution < -0.4 is 26.8 Å². The Hall–Kier alpha value is -3.07. The highest BCUT2D eigenvalue weighted by Crippen LogP contribution is 2.28. The molecular formula is C19H32N8O. The Bertz CT molecular complexity index is 778. The average Bonchev–Trinajstić information content (AvgIpc) is 2.66. The van der Waals surface area contributed by atoms with Crippen molar-refractivity contribution in [3.05, 3.63) is 30.5 Å². The first-order chi connectivity index (χ1) is 13.3. The third-order valence-corrected chi connectivity index (χ3v) is 3.86. The summed E-state index contributed by atoms with van der Waals surface area (Å²) >= 11 is 0. The molecule has 2 rings (SSSR count). The number of rotatable bonds is 6. The van der Waals surface area contributed by atoms with Crippen LogP contribution in [0.15, 0.2) is 30.5 Å². The second-order valence-corrected chi connectivity index (χ2v) is 6.51. The van der Waals surface area contributed by atoms with E-state index in [4.69, 9.17) is 27.0 Å². The lowest BCUT2D eigenvalue weighted by molar-refractivity contribution is 0.415. The zero-order chi connectivity index (χ0) is 21.1. The predicted molar refractivity (Wildman–Crippen MR) is 116 cm³/mol. The molecule has 0 saturated heterocycles. The van der Waals surface area contributed by atoms with Gasteiger partial charge in [0.1, 0.15) is 5.75 Å². The molecule has 0 aliphatic heterocycles. The minimum atomic E-state index is -0.214. The first-order valence-corrected chi connectivity index (χ1v) is 9.04. The first kappa shape index (κ1) is 23.0. The molecule has 2 aromatic rings. The molecule has 0 saturated carbocycles. The van der Waals surface area contributed by atoms with Gasteiger partial charge in [-0.05, 0) is 38.4 Å². The summed E-state index contributed by atoms with van der Waals surface area (Å²) in [4.78, 5) is 5.96. The van der Waals surface area contributed by atoms with E-state index >= 15 is 0 Å². The number of benzene rings is 1. The van der Waals surface area contributed by atoms with Gasteiger partial charge < -0.3 is 26.4 Å². The molecule has 1 aromatic heterocycles. The molecule has 9 heteroatoms. The average molecular weight is 389 g/mol. The van der Waals surface area contributed by atoms with Crippen molar-refractivity contribution in [2.45, 2.75) is 25.8 Å². The highest BCUT2D eigenvalue weighted by atomic mass is 16.5. The molecular weight excluding hydrogens is 356 g/mol. The Balaban J connectivity index is 0.000000370. The Morgan fingerprint density at radius 3 is 2.57 bits per heavy atom. The fraction of sp³-hybridized carbons (Fsp3) is 0.421. The summed E-state index contributed by atoms with van der Waals surface area (Å²) in [5.41, 5.74) is 12.5. The Morgan fingerprint density at radius 1 is 1.32 bits per heavy atom. The number of hydrogen-bond acceptors (Lipinski definition) is 6. The molecule has 0 bridgehead atoms. The van der Waals surface area contributed by atoms with Crippen LogP contribution in [0.1, 0.15) is 19.8 Å². The summed E-state index contributed by atoms with van der Waals surface area (Å²) < 4.78 is 5.34. The van der Waals surface area contributed by atoms with Crippen LogP contribution in [0.3, 0.4) is 0 Å². The van der Waals surface area contributed by atoms with E-state index in [1.54, 1.807) is 21.2 Å². The maximum atomic E-state index is 7.07. The zero-order valence-corrected chi connectivity index (χ0v) is 17.0. The highest BCUT2D eigenvalue weighted by molar-refractivity contribution is 5.94. The maximum absolute atomic E-state index is 7.07. The summed E-state index contributed by atoms with van der Waals surface area (Å²) in [5, 5.41) is 20.7. The molecule has 0 aliphatic rings. The van der Waals surface area contributed by atoms with Crippen molar-refractivity contribution in [1.29, 1.82) is 10.8 Å². The van der Waals surface area contributed by atoms with Gasteiger partial charge in [-0.15, -0.1) is 0 Å². The molecule has 8 N–H and O–H groups in total. The lowest BCUT2D eigenvalue weighted by atomic mass is 10.1. The molecule has 1 heterocycles. The van der Waals surface area contributed by atoms with Crippen LogP contribution in [-0.4, -0.2) is 55.6 Å². The fourth-order valence-corrected chi connectivity index (χ4v) is 2.39. The molecule has 0 spiro atoms. The normalized spacial score (nSPS) is 11.0. The van der Waals surface area contributed by atoms with Gasteiger partial charge in [0.2, 0.25) is 0 Å². The maximum Gasteiger partial charge on any atom is 0.197 e. The number of guanidine groups is 2. The second-order valence-electron chi connectivity index (χ2n) is 6.51. The van der Waals surface area contributed by atoms with Gasteiger partial charge in [0.25, 0.3) is 0 Å². The first-order valence-electron chi connectivity index (χ1n) is 9.04. The molecule has 1 aromatic carbocycles.